The number of aryl methyl sites for hydroxylation is 1. The van der Waals surface area contributed by atoms with Gasteiger partial charge in [0, 0.05) is 25.1 Å². The van der Waals surface area contributed by atoms with Crippen LogP contribution in [0.2, 0.25) is 0 Å². The van der Waals surface area contributed by atoms with E-state index < -0.39 is 0 Å². The molecule has 1 atom stereocenters. The van der Waals surface area contributed by atoms with Gasteiger partial charge in [0.1, 0.15) is 5.82 Å². The van der Waals surface area contributed by atoms with Crippen molar-refractivity contribution in [2.45, 2.75) is 39.3 Å². The molecule has 2 rings (SSSR count). The normalized spacial score (nSPS) is 12.5. The summed E-state index contributed by atoms with van der Waals surface area (Å²) in [5, 5.41) is 7.81. The van der Waals surface area contributed by atoms with E-state index in [2.05, 4.69) is 40.4 Å². The Bertz CT molecular complexity index is 480. The van der Waals surface area contributed by atoms with Gasteiger partial charge in [-0.3, -0.25) is 4.68 Å². The van der Waals surface area contributed by atoms with E-state index >= 15 is 0 Å². The van der Waals surface area contributed by atoms with Gasteiger partial charge in [0.05, 0.1) is 12.2 Å². The quantitative estimate of drug-likeness (QED) is 0.826. The summed E-state index contributed by atoms with van der Waals surface area (Å²) in [6, 6.07) is 1.99. The van der Waals surface area contributed by atoms with Crippen LogP contribution in [0.1, 0.15) is 37.7 Å². The predicted octanol–water partition coefficient (Wildman–Crippen LogP) is 1.98. The Labute approximate surface area is 114 Å². The molecule has 0 aromatic carbocycles. The lowest BCUT2D eigenvalue weighted by molar-refractivity contribution is 0.504. The molecule has 2 aromatic heterocycles. The minimum Gasteiger partial charge on any atom is -0.307 e. The van der Waals surface area contributed by atoms with Gasteiger partial charge in [0.2, 0.25) is 0 Å². The molecule has 0 amide bonds. The number of hydrogen-bond donors (Lipinski definition) is 1. The SMILES string of the molecule is CCCNC(Cc1cnn(CC)c1)c1ncccn1. The molecule has 5 heteroatoms. The molecule has 2 heterocycles. The summed E-state index contributed by atoms with van der Waals surface area (Å²) in [7, 11) is 0. The third kappa shape index (κ3) is 3.86. The van der Waals surface area contributed by atoms with Crippen molar-refractivity contribution in [3.8, 4) is 0 Å². The van der Waals surface area contributed by atoms with Crippen LogP contribution in [0.3, 0.4) is 0 Å². The first-order valence-electron chi connectivity index (χ1n) is 6.85. The molecule has 0 saturated carbocycles. The van der Waals surface area contributed by atoms with Gasteiger partial charge in [0.15, 0.2) is 0 Å². The van der Waals surface area contributed by atoms with Crippen LogP contribution >= 0.6 is 0 Å². The number of aromatic nitrogens is 4. The zero-order valence-electron chi connectivity index (χ0n) is 11.6. The van der Waals surface area contributed by atoms with Crippen molar-refractivity contribution < 1.29 is 0 Å². The van der Waals surface area contributed by atoms with E-state index in [1.807, 2.05) is 16.9 Å². The van der Waals surface area contributed by atoms with Gasteiger partial charge in [-0.1, -0.05) is 6.92 Å². The second-order valence-electron chi connectivity index (χ2n) is 4.52. The molecule has 0 aliphatic rings. The van der Waals surface area contributed by atoms with Crippen molar-refractivity contribution >= 4 is 0 Å². The van der Waals surface area contributed by atoms with Crippen LogP contribution in [0.15, 0.2) is 30.9 Å². The summed E-state index contributed by atoms with van der Waals surface area (Å²) in [4.78, 5) is 8.71. The molecule has 0 fully saturated rings. The number of nitrogens with zero attached hydrogens (tertiary/aromatic N) is 4. The first kappa shape index (κ1) is 13.7. The van der Waals surface area contributed by atoms with Crippen molar-refractivity contribution in [1.82, 2.24) is 25.1 Å². The Morgan fingerprint density at radius 3 is 2.68 bits per heavy atom. The third-order valence-electron chi connectivity index (χ3n) is 2.99. The van der Waals surface area contributed by atoms with Gasteiger partial charge in [-0.05, 0) is 37.9 Å². The van der Waals surface area contributed by atoms with Gasteiger partial charge < -0.3 is 5.32 Å². The summed E-state index contributed by atoms with van der Waals surface area (Å²) in [6.45, 7) is 6.11. The fourth-order valence-corrected chi connectivity index (χ4v) is 1.98. The third-order valence-corrected chi connectivity index (χ3v) is 2.99. The van der Waals surface area contributed by atoms with Crippen molar-refractivity contribution in [2.24, 2.45) is 0 Å². The molecule has 0 aliphatic heterocycles. The maximum atomic E-state index is 4.35. The van der Waals surface area contributed by atoms with Gasteiger partial charge >= 0.3 is 0 Å². The van der Waals surface area contributed by atoms with E-state index in [1.54, 1.807) is 12.4 Å². The Morgan fingerprint density at radius 1 is 1.26 bits per heavy atom. The summed E-state index contributed by atoms with van der Waals surface area (Å²) >= 11 is 0. The molecule has 0 saturated heterocycles. The standard InChI is InChI=1S/C14H21N5/c1-3-6-15-13(14-16-7-5-8-17-14)9-12-10-18-19(4-2)11-12/h5,7-8,10-11,13,15H,3-4,6,9H2,1-2H3. The smallest absolute Gasteiger partial charge is 0.145 e. The highest BCUT2D eigenvalue weighted by atomic mass is 15.3. The second-order valence-corrected chi connectivity index (χ2v) is 4.52. The molecular formula is C14H21N5. The van der Waals surface area contributed by atoms with Gasteiger partial charge in [-0.15, -0.1) is 0 Å². The first-order chi connectivity index (χ1) is 9.33. The van der Waals surface area contributed by atoms with Gasteiger partial charge in [-0.25, -0.2) is 9.97 Å². The molecule has 1 N–H and O–H groups in total. The van der Waals surface area contributed by atoms with Gasteiger partial charge in [-0.2, -0.15) is 5.10 Å². The lowest BCUT2D eigenvalue weighted by atomic mass is 10.1. The van der Waals surface area contributed by atoms with E-state index in [0.717, 1.165) is 31.8 Å². The molecule has 1 unspecified atom stereocenters. The highest BCUT2D eigenvalue weighted by Crippen LogP contribution is 2.14. The van der Waals surface area contributed by atoms with Crippen LogP contribution in [0, 0.1) is 0 Å². The summed E-state index contributed by atoms with van der Waals surface area (Å²) in [5.41, 5.74) is 1.21. The van der Waals surface area contributed by atoms with Crippen LogP contribution in [-0.2, 0) is 13.0 Å². The lowest BCUT2D eigenvalue weighted by Gasteiger charge is -2.16. The highest BCUT2D eigenvalue weighted by molar-refractivity contribution is 5.10. The summed E-state index contributed by atoms with van der Waals surface area (Å²) in [5.74, 6) is 0.847. The topological polar surface area (TPSA) is 55.6 Å². The number of hydrogen-bond acceptors (Lipinski definition) is 4. The van der Waals surface area contributed by atoms with E-state index in [0.29, 0.717) is 0 Å². The zero-order valence-corrected chi connectivity index (χ0v) is 11.6. The van der Waals surface area contributed by atoms with E-state index in [4.69, 9.17) is 0 Å². The van der Waals surface area contributed by atoms with E-state index in [9.17, 15) is 0 Å². The molecule has 5 nitrogen and oxygen atoms in total. The molecule has 0 bridgehead atoms. The second kappa shape index (κ2) is 6.99. The Morgan fingerprint density at radius 2 is 2.05 bits per heavy atom. The first-order valence-corrected chi connectivity index (χ1v) is 6.85. The van der Waals surface area contributed by atoms with E-state index in [-0.39, 0.29) is 6.04 Å². The van der Waals surface area contributed by atoms with Crippen LogP contribution < -0.4 is 5.32 Å². The van der Waals surface area contributed by atoms with Crippen molar-refractivity contribution in [2.75, 3.05) is 6.54 Å². The monoisotopic (exact) mass is 259 g/mol. The molecule has 2 aromatic rings. The maximum Gasteiger partial charge on any atom is 0.145 e. The van der Waals surface area contributed by atoms with Gasteiger partial charge in [0.25, 0.3) is 0 Å². The van der Waals surface area contributed by atoms with Crippen LogP contribution in [0.25, 0.3) is 0 Å². The Kier molecular flexibility index (Phi) is 5.03. The molecular weight excluding hydrogens is 238 g/mol. The van der Waals surface area contributed by atoms with Crippen LogP contribution in [0.4, 0.5) is 0 Å². The molecule has 0 aliphatic carbocycles. The van der Waals surface area contributed by atoms with Crippen LogP contribution in [-0.4, -0.2) is 26.3 Å². The van der Waals surface area contributed by atoms with Crippen LogP contribution in [0.5, 0.6) is 0 Å². The maximum absolute atomic E-state index is 4.35. The average molecular weight is 259 g/mol. The van der Waals surface area contributed by atoms with Crippen molar-refractivity contribution in [1.29, 1.82) is 0 Å². The highest BCUT2D eigenvalue weighted by Gasteiger charge is 2.14. The minimum absolute atomic E-state index is 0.149. The fraction of sp³-hybridized carbons (Fsp3) is 0.500. The Hall–Kier alpha value is -1.75. The number of nitrogens with one attached hydrogen (secondary N) is 1. The number of rotatable bonds is 7. The van der Waals surface area contributed by atoms with E-state index in [1.165, 1.54) is 5.56 Å². The molecule has 102 valence electrons. The van der Waals surface area contributed by atoms with Crippen molar-refractivity contribution in [3.05, 3.63) is 42.2 Å². The fourth-order valence-electron chi connectivity index (χ4n) is 1.98. The molecule has 19 heavy (non-hydrogen) atoms. The zero-order chi connectivity index (χ0) is 13.5. The average Bonchev–Trinajstić information content (AvgIpc) is 2.92. The minimum atomic E-state index is 0.149. The van der Waals surface area contributed by atoms with Crippen molar-refractivity contribution in [3.63, 3.8) is 0 Å². The molecule has 0 radical (unpaired) electrons. The summed E-state index contributed by atoms with van der Waals surface area (Å²) in [6.07, 6.45) is 9.55. The largest absolute Gasteiger partial charge is 0.307 e. The molecule has 0 spiro atoms. The lowest BCUT2D eigenvalue weighted by Crippen LogP contribution is -2.25. The predicted molar refractivity (Wildman–Crippen MR) is 74.7 cm³/mol. The Balaban J connectivity index is 2.09. The summed E-state index contributed by atoms with van der Waals surface area (Å²) < 4.78 is 1.94.